The Morgan fingerprint density at radius 1 is 1.13 bits per heavy atom. The zero-order valence-electron chi connectivity index (χ0n) is 17.7. The average Bonchev–Trinajstić information content (AvgIpc) is 3.28. The number of carbonyl (C=O) groups is 1. The van der Waals surface area contributed by atoms with Crippen molar-refractivity contribution in [2.45, 2.75) is 32.5 Å². The average molecular weight is 426 g/mol. The number of halogens is 1. The van der Waals surface area contributed by atoms with Gasteiger partial charge >= 0.3 is 0 Å². The van der Waals surface area contributed by atoms with Crippen LogP contribution in [0.3, 0.4) is 0 Å². The molecule has 31 heavy (non-hydrogen) atoms. The van der Waals surface area contributed by atoms with E-state index in [-0.39, 0.29) is 18.3 Å². The molecule has 1 heterocycles. The predicted molar refractivity (Wildman–Crippen MR) is 115 cm³/mol. The monoisotopic (exact) mass is 426 g/mol. The minimum absolute atomic E-state index is 0.238. The van der Waals surface area contributed by atoms with Crippen LogP contribution >= 0.6 is 0 Å². The lowest BCUT2D eigenvalue weighted by Crippen LogP contribution is -2.43. The number of amides is 1. The second-order valence-electron chi connectivity index (χ2n) is 7.33. The van der Waals surface area contributed by atoms with Gasteiger partial charge in [-0.1, -0.05) is 18.2 Å². The second-order valence-corrected chi connectivity index (χ2v) is 7.33. The maximum Gasteiger partial charge on any atom is 0.234 e. The first kappa shape index (κ1) is 22.4. The van der Waals surface area contributed by atoms with Crippen molar-refractivity contribution in [3.05, 3.63) is 83.6 Å². The van der Waals surface area contributed by atoms with Crippen LogP contribution in [0.15, 0.2) is 65.5 Å². The standard InChI is InChI=1S/C24H27FN2O4/c1-17(24(26)28)27(14-20-9-11-30-15-20)10-8-18-6-7-22(23(13-18)29-2)31-16-19-4-3-5-21(25)12-19/h3-7,9,11-13,15,17H,8,10,14,16H2,1-2H3,(H2,26,28). The van der Waals surface area contributed by atoms with Crippen molar-refractivity contribution >= 4 is 5.91 Å². The molecule has 0 aliphatic carbocycles. The third kappa shape index (κ3) is 6.33. The number of benzene rings is 2. The van der Waals surface area contributed by atoms with E-state index in [1.54, 1.807) is 38.7 Å². The normalized spacial score (nSPS) is 12.0. The van der Waals surface area contributed by atoms with Gasteiger partial charge in [0.15, 0.2) is 11.5 Å². The van der Waals surface area contributed by atoms with Gasteiger partial charge in [0.2, 0.25) is 5.91 Å². The van der Waals surface area contributed by atoms with Crippen LogP contribution < -0.4 is 15.2 Å². The summed E-state index contributed by atoms with van der Waals surface area (Å²) in [7, 11) is 1.58. The van der Waals surface area contributed by atoms with Crippen LogP contribution in [0.5, 0.6) is 11.5 Å². The van der Waals surface area contributed by atoms with E-state index in [1.165, 1.54) is 12.1 Å². The molecule has 3 rings (SSSR count). The van der Waals surface area contributed by atoms with Gasteiger partial charge in [0.05, 0.1) is 25.7 Å². The van der Waals surface area contributed by atoms with Gasteiger partial charge in [0.1, 0.15) is 12.4 Å². The Balaban J connectivity index is 1.65. The van der Waals surface area contributed by atoms with Crippen molar-refractivity contribution in [3.63, 3.8) is 0 Å². The van der Waals surface area contributed by atoms with Crippen molar-refractivity contribution in [1.29, 1.82) is 0 Å². The fourth-order valence-electron chi connectivity index (χ4n) is 3.25. The lowest BCUT2D eigenvalue weighted by molar-refractivity contribution is -0.122. The quantitative estimate of drug-likeness (QED) is 0.503. The summed E-state index contributed by atoms with van der Waals surface area (Å²) in [5.41, 5.74) is 8.27. The molecule has 0 fully saturated rings. The summed E-state index contributed by atoms with van der Waals surface area (Å²) < 4.78 is 29.8. The van der Waals surface area contributed by atoms with E-state index in [0.717, 1.165) is 16.7 Å². The highest BCUT2D eigenvalue weighted by Crippen LogP contribution is 2.29. The second kappa shape index (κ2) is 10.6. The van der Waals surface area contributed by atoms with E-state index in [2.05, 4.69) is 0 Å². The highest BCUT2D eigenvalue weighted by molar-refractivity contribution is 5.79. The zero-order valence-corrected chi connectivity index (χ0v) is 17.7. The molecule has 0 spiro atoms. The topological polar surface area (TPSA) is 77.9 Å². The van der Waals surface area contributed by atoms with Crippen LogP contribution in [0.1, 0.15) is 23.6 Å². The zero-order chi connectivity index (χ0) is 22.2. The van der Waals surface area contributed by atoms with E-state index in [4.69, 9.17) is 19.6 Å². The van der Waals surface area contributed by atoms with Gasteiger partial charge in [-0.05, 0) is 54.8 Å². The summed E-state index contributed by atoms with van der Waals surface area (Å²) in [5.74, 6) is 0.505. The van der Waals surface area contributed by atoms with Crippen molar-refractivity contribution < 1.29 is 23.1 Å². The van der Waals surface area contributed by atoms with Gasteiger partial charge < -0.3 is 19.6 Å². The molecule has 7 heteroatoms. The van der Waals surface area contributed by atoms with Crippen LogP contribution in [0, 0.1) is 5.82 Å². The Hall–Kier alpha value is -3.32. The molecule has 1 atom stereocenters. The van der Waals surface area contributed by atoms with E-state index in [9.17, 15) is 9.18 Å². The van der Waals surface area contributed by atoms with Crippen LogP contribution in [0.4, 0.5) is 4.39 Å². The van der Waals surface area contributed by atoms with Gasteiger partial charge in [-0.3, -0.25) is 9.69 Å². The molecule has 3 aromatic rings. The molecular formula is C24H27FN2O4. The third-order valence-corrected chi connectivity index (χ3v) is 5.12. The van der Waals surface area contributed by atoms with Crippen LogP contribution in [-0.4, -0.2) is 30.5 Å². The summed E-state index contributed by atoms with van der Waals surface area (Å²) in [5, 5.41) is 0. The molecule has 0 radical (unpaired) electrons. The number of furan rings is 1. The SMILES string of the molecule is COc1cc(CCN(Cc2ccoc2)C(C)C(N)=O)ccc1OCc1cccc(F)c1. The summed E-state index contributed by atoms with van der Waals surface area (Å²) >= 11 is 0. The molecule has 0 aliphatic rings. The number of carbonyl (C=O) groups excluding carboxylic acids is 1. The van der Waals surface area contributed by atoms with Crippen LogP contribution in [0.2, 0.25) is 0 Å². The summed E-state index contributed by atoms with van der Waals surface area (Å²) in [6.45, 7) is 3.23. The number of methoxy groups -OCH3 is 1. The van der Waals surface area contributed by atoms with Crippen LogP contribution in [0.25, 0.3) is 0 Å². The Morgan fingerprint density at radius 3 is 2.65 bits per heavy atom. The summed E-state index contributed by atoms with van der Waals surface area (Å²) in [6.07, 6.45) is 3.96. The Labute approximate surface area is 181 Å². The first-order valence-electron chi connectivity index (χ1n) is 10.0. The van der Waals surface area contributed by atoms with Crippen molar-refractivity contribution in [2.75, 3.05) is 13.7 Å². The van der Waals surface area contributed by atoms with Gasteiger partial charge in [-0.25, -0.2) is 4.39 Å². The van der Waals surface area contributed by atoms with Gasteiger partial charge in [0, 0.05) is 18.7 Å². The maximum absolute atomic E-state index is 13.3. The molecule has 164 valence electrons. The van der Waals surface area contributed by atoms with Gasteiger partial charge in [0.25, 0.3) is 0 Å². The smallest absolute Gasteiger partial charge is 0.234 e. The molecular weight excluding hydrogens is 399 g/mol. The molecule has 0 saturated heterocycles. The summed E-state index contributed by atoms with van der Waals surface area (Å²) in [4.78, 5) is 13.7. The number of nitrogens with zero attached hydrogens (tertiary/aromatic N) is 1. The van der Waals surface area contributed by atoms with Gasteiger partial charge in [-0.2, -0.15) is 0 Å². The van der Waals surface area contributed by atoms with E-state index in [0.29, 0.717) is 31.0 Å². The highest BCUT2D eigenvalue weighted by atomic mass is 19.1. The van der Waals surface area contributed by atoms with E-state index >= 15 is 0 Å². The van der Waals surface area contributed by atoms with Gasteiger partial charge in [-0.15, -0.1) is 0 Å². The Bertz CT molecular complexity index is 991. The number of rotatable bonds is 11. The fourth-order valence-corrected chi connectivity index (χ4v) is 3.25. The number of primary amides is 1. The molecule has 1 unspecified atom stereocenters. The number of hydrogen-bond donors (Lipinski definition) is 1. The molecule has 0 saturated carbocycles. The molecule has 6 nitrogen and oxygen atoms in total. The van der Waals surface area contributed by atoms with Crippen molar-refractivity contribution in [3.8, 4) is 11.5 Å². The molecule has 2 aromatic carbocycles. The molecule has 1 aromatic heterocycles. The predicted octanol–water partition coefficient (Wildman–Crippen LogP) is 3.92. The fraction of sp³-hybridized carbons (Fsp3) is 0.292. The molecule has 2 N–H and O–H groups in total. The minimum Gasteiger partial charge on any atom is -0.493 e. The number of nitrogens with two attached hydrogens (primary N) is 1. The Morgan fingerprint density at radius 2 is 1.97 bits per heavy atom. The largest absolute Gasteiger partial charge is 0.493 e. The number of hydrogen-bond acceptors (Lipinski definition) is 5. The van der Waals surface area contributed by atoms with E-state index < -0.39 is 6.04 Å². The van der Waals surface area contributed by atoms with E-state index in [1.807, 2.05) is 29.2 Å². The number of ether oxygens (including phenoxy) is 2. The highest BCUT2D eigenvalue weighted by Gasteiger charge is 2.19. The molecule has 0 bridgehead atoms. The minimum atomic E-state index is -0.411. The Kier molecular flexibility index (Phi) is 7.67. The lowest BCUT2D eigenvalue weighted by Gasteiger charge is -2.26. The van der Waals surface area contributed by atoms with Crippen LogP contribution in [-0.2, 0) is 24.4 Å². The summed E-state index contributed by atoms with van der Waals surface area (Å²) in [6, 6.07) is 13.4. The first-order chi connectivity index (χ1) is 15.0. The maximum atomic E-state index is 13.3. The molecule has 1 amide bonds. The lowest BCUT2D eigenvalue weighted by atomic mass is 10.1. The first-order valence-corrected chi connectivity index (χ1v) is 10.0. The third-order valence-electron chi connectivity index (χ3n) is 5.12. The molecule has 0 aliphatic heterocycles. The van der Waals surface area contributed by atoms with Crippen molar-refractivity contribution in [2.24, 2.45) is 5.73 Å². The van der Waals surface area contributed by atoms with Crippen molar-refractivity contribution in [1.82, 2.24) is 4.90 Å².